The van der Waals surface area contributed by atoms with Crippen molar-refractivity contribution in [2.24, 2.45) is 0 Å². The highest BCUT2D eigenvalue weighted by atomic mass is 16.3. The van der Waals surface area contributed by atoms with E-state index in [1.807, 2.05) is 84.9 Å². The molecule has 5 rings (SSSR count). The molecule has 33 heavy (non-hydrogen) atoms. The van der Waals surface area contributed by atoms with Crippen LogP contribution >= 0.6 is 0 Å². The fourth-order valence-electron chi connectivity index (χ4n) is 4.50. The summed E-state index contributed by atoms with van der Waals surface area (Å²) in [6, 6.07) is 30.6. The fraction of sp³-hybridized carbons (Fsp3) is 0.103. The van der Waals surface area contributed by atoms with Crippen molar-refractivity contribution >= 4 is 34.2 Å². The highest BCUT2D eigenvalue weighted by Gasteiger charge is 2.50. The van der Waals surface area contributed by atoms with Crippen molar-refractivity contribution < 1.29 is 14.7 Å². The highest BCUT2D eigenvalue weighted by Crippen LogP contribution is 2.43. The molecule has 1 atom stereocenters. The third-order valence-corrected chi connectivity index (χ3v) is 6.14. The van der Waals surface area contributed by atoms with Gasteiger partial charge in [-0.25, -0.2) is 0 Å². The van der Waals surface area contributed by atoms with Gasteiger partial charge in [-0.1, -0.05) is 97.1 Å². The monoisotopic (exact) mass is 433 g/mol. The molecule has 4 aromatic rings. The van der Waals surface area contributed by atoms with E-state index in [2.05, 4.69) is 0 Å². The van der Waals surface area contributed by atoms with Crippen molar-refractivity contribution in [2.75, 3.05) is 4.90 Å². The lowest BCUT2D eigenvalue weighted by molar-refractivity contribution is -0.140. The van der Waals surface area contributed by atoms with Gasteiger partial charge in [0.25, 0.3) is 5.91 Å². The number of carbonyl (C=O) groups is 2. The van der Waals surface area contributed by atoms with E-state index < -0.39 is 11.5 Å². The molecule has 4 aromatic carbocycles. The molecule has 0 spiro atoms. The molecule has 4 heteroatoms. The van der Waals surface area contributed by atoms with Gasteiger partial charge in [-0.2, -0.15) is 0 Å². The first kappa shape index (κ1) is 20.9. The Bertz CT molecular complexity index is 1370. The van der Waals surface area contributed by atoms with Crippen LogP contribution in [0, 0.1) is 0 Å². The Balaban J connectivity index is 1.45. The van der Waals surface area contributed by atoms with Crippen LogP contribution in [-0.4, -0.2) is 16.8 Å². The van der Waals surface area contributed by atoms with Crippen molar-refractivity contribution in [1.29, 1.82) is 0 Å². The molecular weight excluding hydrogens is 410 g/mol. The van der Waals surface area contributed by atoms with Crippen LogP contribution in [0.2, 0.25) is 0 Å². The first-order valence-corrected chi connectivity index (χ1v) is 10.9. The molecule has 4 nitrogen and oxygen atoms in total. The van der Waals surface area contributed by atoms with Crippen molar-refractivity contribution in [3.05, 3.63) is 120 Å². The van der Waals surface area contributed by atoms with E-state index in [-0.39, 0.29) is 12.2 Å². The number of benzene rings is 4. The van der Waals surface area contributed by atoms with E-state index in [9.17, 15) is 14.7 Å². The average Bonchev–Trinajstić information content (AvgIpc) is 3.05. The van der Waals surface area contributed by atoms with Gasteiger partial charge in [0.1, 0.15) is 0 Å². The minimum atomic E-state index is -1.89. The Morgan fingerprint density at radius 3 is 2.39 bits per heavy atom. The van der Waals surface area contributed by atoms with Crippen molar-refractivity contribution in [1.82, 2.24) is 0 Å². The SMILES string of the molecule is O=C(/C=C\c1ccccc1)CC1(O)C(=O)N(Cc2cccc3ccccc23)c2ccccc21. The summed E-state index contributed by atoms with van der Waals surface area (Å²) >= 11 is 0. The second-order valence-corrected chi connectivity index (χ2v) is 8.29. The number of anilines is 1. The zero-order chi connectivity index (χ0) is 22.8. The molecule has 162 valence electrons. The number of nitrogens with zero attached hydrogens (tertiary/aromatic N) is 1. The van der Waals surface area contributed by atoms with Crippen molar-refractivity contribution in [3.63, 3.8) is 0 Å². The lowest BCUT2D eigenvalue weighted by Gasteiger charge is -2.23. The van der Waals surface area contributed by atoms with Crippen LogP contribution in [-0.2, 0) is 21.7 Å². The normalized spacial score (nSPS) is 17.6. The summed E-state index contributed by atoms with van der Waals surface area (Å²) in [7, 11) is 0. The van der Waals surface area contributed by atoms with Crippen molar-refractivity contribution in [2.45, 2.75) is 18.6 Å². The molecule has 1 amide bonds. The molecule has 1 N–H and O–H groups in total. The molecule has 0 aliphatic carbocycles. The number of carbonyl (C=O) groups excluding carboxylic acids is 2. The highest BCUT2D eigenvalue weighted by molar-refractivity contribution is 6.10. The summed E-state index contributed by atoms with van der Waals surface area (Å²) in [6.07, 6.45) is 2.82. The van der Waals surface area contributed by atoms with Crippen LogP contribution in [0.4, 0.5) is 5.69 Å². The summed E-state index contributed by atoms with van der Waals surface area (Å²) in [5.41, 5.74) is 1.08. The van der Waals surface area contributed by atoms with E-state index >= 15 is 0 Å². The Morgan fingerprint density at radius 1 is 0.848 bits per heavy atom. The molecule has 0 radical (unpaired) electrons. The standard InChI is InChI=1S/C29H23NO3/c31-24(18-17-21-9-2-1-3-10-21)19-29(33)26-15-6-7-16-27(26)30(28(29)32)20-23-13-8-12-22-11-4-5-14-25(22)23/h1-18,33H,19-20H2/b18-17-. The largest absolute Gasteiger partial charge is 0.375 e. The summed E-state index contributed by atoms with van der Waals surface area (Å²) in [4.78, 5) is 27.9. The average molecular weight is 434 g/mol. The van der Waals surface area contributed by atoms with Gasteiger partial charge in [-0.3, -0.25) is 9.59 Å². The van der Waals surface area contributed by atoms with Crippen LogP contribution in [0.5, 0.6) is 0 Å². The zero-order valence-electron chi connectivity index (χ0n) is 18.0. The first-order chi connectivity index (χ1) is 16.1. The maximum absolute atomic E-state index is 13.5. The maximum Gasteiger partial charge on any atom is 0.264 e. The molecule has 0 aromatic heterocycles. The molecular formula is C29H23NO3. The van der Waals surface area contributed by atoms with Gasteiger partial charge >= 0.3 is 0 Å². The van der Waals surface area contributed by atoms with E-state index in [1.54, 1.807) is 23.1 Å². The molecule has 0 saturated carbocycles. The molecule has 0 fully saturated rings. The fourth-order valence-corrected chi connectivity index (χ4v) is 4.50. The topological polar surface area (TPSA) is 57.6 Å². The van der Waals surface area contributed by atoms with E-state index in [4.69, 9.17) is 0 Å². The van der Waals surface area contributed by atoms with Gasteiger partial charge < -0.3 is 10.0 Å². The zero-order valence-corrected chi connectivity index (χ0v) is 18.0. The number of allylic oxidation sites excluding steroid dienone is 1. The van der Waals surface area contributed by atoms with Crippen LogP contribution in [0.25, 0.3) is 16.8 Å². The predicted molar refractivity (Wildman–Crippen MR) is 131 cm³/mol. The lowest BCUT2D eigenvalue weighted by Crippen LogP contribution is -2.41. The second-order valence-electron chi connectivity index (χ2n) is 8.29. The van der Waals surface area contributed by atoms with Gasteiger partial charge in [0, 0.05) is 5.56 Å². The summed E-state index contributed by atoms with van der Waals surface area (Å²) < 4.78 is 0. The molecule has 0 bridgehead atoms. The Morgan fingerprint density at radius 2 is 1.55 bits per heavy atom. The van der Waals surface area contributed by atoms with E-state index in [0.29, 0.717) is 17.8 Å². The number of aliphatic hydroxyl groups is 1. The summed E-state index contributed by atoms with van der Waals surface area (Å²) in [6.45, 7) is 0.313. The van der Waals surface area contributed by atoms with E-state index in [0.717, 1.165) is 21.9 Å². The molecule has 1 aliphatic rings. The summed E-state index contributed by atoms with van der Waals surface area (Å²) in [5, 5.41) is 13.6. The van der Waals surface area contributed by atoms with Gasteiger partial charge in [-0.15, -0.1) is 0 Å². The number of ketones is 1. The Kier molecular flexibility index (Phi) is 5.37. The van der Waals surface area contributed by atoms with E-state index in [1.165, 1.54) is 6.08 Å². The third-order valence-electron chi connectivity index (χ3n) is 6.14. The second kappa shape index (κ2) is 8.49. The van der Waals surface area contributed by atoms with Crippen molar-refractivity contribution in [3.8, 4) is 0 Å². The number of fused-ring (bicyclic) bond motifs is 2. The van der Waals surface area contributed by atoms with Crippen LogP contribution < -0.4 is 4.90 Å². The number of hydrogen-bond acceptors (Lipinski definition) is 3. The van der Waals surface area contributed by atoms with Crippen LogP contribution in [0.15, 0.2) is 103 Å². The number of amides is 1. The first-order valence-electron chi connectivity index (χ1n) is 10.9. The Hall–Kier alpha value is -4.02. The van der Waals surface area contributed by atoms with Crippen LogP contribution in [0.1, 0.15) is 23.1 Å². The van der Waals surface area contributed by atoms with Gasteiger partial charge in [0.2, 0.25) is 0 Å². The molecule has 1 unspecified atom stereocenters. The lowest BCUT2D eigenvalue weighted by atomic mass is 9.89. The minimum Gasteiger partial charge on any atom is -0.375 e. The summed E-state index contributed by atoms with van der Waals surface area (Å²) in [5.74, 6) is -0.783. The third kappa shape index (κ3) is 3.86. The number of rotatable bonds is 6. The molecule has 1 heterocycles. The Labute approximate surface area is 192 Å². The van der Waals surface area contributed by atoms with Gasteiger partial charge in [0.15, 0.2) is 11.4 Å². The molecule has 0 saturated heterocycles. The number of para-hydroxylation sites is 1. The van der Waals surface area contributed by atoms with Crippen LogP contribution in [0.3, 0.4) is 0 Å². The van der Waals surface area contributed by atoms with Gasteiger partial charge in [0.05, 0.1) is 18.7 Å². The van der Waals surface area contributed by atoms with Gasteiger partial charge in [-0.05, 0) is 34.0 Å². The number of hydrogen-bond donors (Lipinski definition) is 1. The predicted octanol–water partition coefficient (Wildman–Crippen LogP) is 5.25. The smallest absolute Gasteiger partial charge is 0.264 e. The minimum absolute atomic E-state index is 0.307. The molecule has 1 aliphatic heterocycles. The quantitative estimate of drug-likeness (QED) is 0.423. The maximum atomic E-state index is 13.5.